The van der Waals surface area contributed by atoms with Gasteiger partial charge >= 0.3 is 0 Å². The van der Waals surface area contributed by atoms with Gasteiger partial charge in [-0.05, 0) is 73.6 Å². The zero-order valence-electron chi connectivity index (χ0n) is 24.5. The standard InChI is InChI=1S/C34H43N3O3/c1-23-17-24(2)31(33(38)18-23)21-35-34(39)30-19-28(20-32(25(30)3)36(4)29-7-5-6-8-29)27-11-9-26(10-12-27)22-37-13-15-40-16-14-37/h9-12,17,19-20,29H,5-8,13-16,18,21-22H2,1-4H3,(H,35,39). The van der Waals surface area contributed by atoms with E-state index in [4.69, 9.17) is 4.74 Å². The maximum absolute atomic E-state index is 13.6. The van der Waals surface area contributed by atoms with Crippen LogP contribution in [0.25, 0.3) is 11.1 Å². The number of ether oxygens (including phenoxy) is 1. The van der Waals surface area contributed by atoms with Gasteiger partial charge in [-0.15, -0.1) is 0 Å². The van der Waals surface area contributed by atoms with Crippen LogP contribution in [-0.2, 0) is 16.1 Å². The van der Waals surface area contributed by atoms with Gasteiger partial charge in [-0.3, -0.25) is 14.5 Å². The minimum Gasteiger partial charge on any atom is -0.379 e. The van der Waals surface area contributed by atoms with Crippen molar-refractivity contribution in [2.45, 2.75) is 65.5 Å². The number of hydrogen-bond donors (Lipinski definition) is 1. The summed E-state index contributed by atoms with van der Waals surface area (Å²) in [5.41, 5.74) is 8.89. The first kappa shape index (κ1) is 28.3. The monoisotopic (exact) mass is 541 g/mol. The molecule has 2 aromatic rings. The van der Waals surface area contributed by atoms with Crippen molar-refractivity contribution in [1.82, 2.24) is 10.2 Å². The van der Waals surface area contributed by atoms with E-state index in [-0.39, 0.29) is 18.2 Å². The molecule has 6 heteroatoms. The summed E-state index contributed by atoms with van der Waals surface area (Å²) in [7, 11) is 2.17. The van der Waals surface area contributed by atoms with E-state index in [9.17, 15) is 9.59 Å². The van der Waals surface area contributed by atoms with Crippen molar-refractivity contribution in [2.75, 3.05) is 44.8 Å². The fraction of sp³-hybridized carbons (Fsp3) is 0.471. The lowest BCUT2D eigenvalue weighted by molar-refractivity contribution is -0.115. The molecule has 1 saturated carbocycles. The van der Waals surface area contributed by atoms with Crippen LogP contribution in [0.2, 0.25) is 0 Å². The largest absolute Gasteiger partial charge is 0.379 e. The molecule has 0 atom stereocenters. The van der Waals surface area contributed by atoms with E-state index in [2.05, 4.69) is 52.5 Å². The SMILES string of the molecule is CC1=CC(C)=C(CNC(=O)c2cc(-c3ccc(CN4CCOCC4)cc3)cc(N(C)C3CCCC3)c2C)C(=O)C1. The van der Waals surface area contributed by atoms with E-state index in [0.29, 0.717) is 23.6 Å². The first-order valence-corrected chi connectivity index (χ1v) is 14.8. The van der Waals surface area contributed by atoms with E-state index >= 15 is 0 Å². The van der Waals surface area contributed by atoms with Gasteiger partial charge in [0.15, 0.2) is 5.78 Å². The highest BCUT2D eigenvalue weighted by Gasteiger charge is 2.25. The number of rotatable bonds is 8. The molecular weight excluding hydrogens is 498 g/mol. The Morgan fingerprint density at radius 2 is 1.73 bits per heavy atom. The van der Waals surface area contributed by atoms with Crippen LogP contribution in [0.15, 0.2) is 59.2 Å². The number of nitrogens with zero attached hydrogens (tertiary/aromatic N) is 2. The number of carbonyl (C=O) groups excluding carboxylic acids is 2. The van der Waals surface area contributed by atoms with Gasteiger partial charge in [-0.1, -0.05) is 48.8 Å². The van der Waals surface area contributed by atoms with Crippen LogP contribution in [0.5, 0.6) is 0 Å². The third kappa shape index (κ3) is 6.39. The van der Waals surface area contributed by atoms with Gasteiger partial charge in [0.05, 0.1) is 13.2 Å². The first-order valence-electron chi connectivity index (χ1n) is 14.8. The normalized spacial score (nSPS) is 18.7. The Bertz CT molecular complexity index is 1310. The van der Waals surface area contributed by atoms with E-state index < -0.39 is 0 Å². The van der Waals surface area contributed by atoms with Gasteiger partial charge in [0, 0.05) is 62.5 Å². The third-order valence-electron chi connectivity index (χ3n) is 8.82. The van der Waals surface area contributed by atoms with E-state index in [1.165, 1.54) is 31.2 Å². The predicted molar refractivity (Wildman–Crippen MR) is 162 cm³/mol. The van der Waals surface area contributed by atoms with Crippen LogP contribution in [0.3, 0.4) is 0 Å². The average Bonchev–Trinajstić information content (AvgIpc) is 3.48. The number of Topliss-reactive ketones (excluding diaryl/α,β-unsaturated/α-hetero) is 1. The number of ketones is 1. The lowest BCUT2D eigenvalue weighted by Crippen LogP contribution is -2.35. The molecule has 1 amide bonds. The maximum atomic E-state index is 13.6. The smallest absolute Gasteiger partial charge is 0.251 e. The molecule has 6 nitrogen and oxygen atoms in total. The van der Waals surface area contributed by atoms with Crippen LogP contribution in [0, 0.1) is 6.92 Å². The molecule has 40 heavy (non-hydrogen) atoms. The zero-order valence-corrected chi connectivity index (χ0v) is 24.5. The zero-order chi connectivity index (χ0) is 28.2. The van der Waals surface area contributed by atoms with Gasteiger partial charge in [0.25, 0.3) is 5.91 Å². The molecule has 0 unspecified atom stereocenters. The molecule has 0 radical (unpaired) electrons. The number of hydrogen-bond acceptors (Lipinski definition) is 5. The second-order valence-electron chi connectivity index (χ2n) is 11.7. The van der Waals surface area contributed by atoms with E-state index in [0.717, 1.165) is 66.4 Å². The Hall–Kier alpha value is -3.22. The Morgan fingerprint density at radius 3 is 2.40 bits per heavy atom. The van der Waals surface area contributed by atoms with Crippen molar-refractivity contribution < 1.29 is 14.3 Å². The van der Waals surface area contributed by atoms with Crippen molar-refractivity contribution in [3.05, 3.63) is 75.9 Å². The summed E-state index contributed by atoms with van der Waals surface area (Å²) in [6, 6.07) is 13.5. The molecule has 1 heterocycles. The summed E-state index contributed by atoms with van der Waals surface area (Å²) in [6.07, 6.45) is 7.34. The summed E-state index contributed by atoms with van der Waals surface area (Å²) in [6.45, 7) is 10.7. The van der Waals surface area contributed by atoms with Crippen molar-refractivity contribution in [1.29, 1.82) is 0 Å². The lowest BCUT2D eigenvalue weighted by Gasteiger charge is -2.30. The molecular formula is C34H43N3O3. The molecule has 2 aromatic carbocycles. The number of benzene rings is 2. The van der Waals surface area contributed by atoms with Crippen molar-refractivity contribution in [3.63, 3.8) is 0 Å². The van der Waals surface area contributed by atoms with Gasteiger partial charge in [0.1, 0.15) is 0 Å². The highest BCUT2D eigenvalue weighted by molar-refractivity contribution is 6.02. The molecule has 1 aliphatic heterocycles. The molecule has 1 saturated heterocycles. The Kier molecular flexibility index (Phi) is 8.87. The average molecular weight is 542 g/mol. The van der Waals surface area contributed by atoms with Gasteiger partial charge in [-0.25, -0.2) is 0 Å². The molecule has 3 aliphatic rings. The number of nitrogens with one attached hydrogen (secondary N) is 1. The van der Waals surface area contributed by atoms with Crippen LogP contribution in [0.4, 0.5) is 5.69 Å². The Balaban J connectivity index is 1.42. The maximum Gasteiger partial charge on any atom is 0.251 e. The van der Waals surface area contributed by atoms with Crippen molar-refractivity contribution in [2.24, 2.45) is 0 Å². The fourth-order valence-electron chi connectivity index (χ4n) is 6.37. The summed E-state index contributed by atoms with van der Waals surface area (Å²) in [4.78, 5) is 31.1. The molecule has 0 aromatic heterocycles. The molecule has 5 rings (SSSR count). The number of allylic oxidation sites excluding steroid dienone is 3. The molecule has 212 valence electrons. The molecule has 1 N–H and O–H groups in total. The summed E-state index contributed by atoms with van der Waals surface area (Å²) >= 11 is 0. The van der Waals surface area contributed by atoms with Crippen LogP contribution in [0.1, 0.15) is 67.4 Å². The van der Waals surface area contributed by atoms with Crippen molar-refractivity contribution >= 4 is 17.4 Å². The van der Waals surface area contributed by atoms with E-state index in [1.807, 2.05) is 32.9 Å². The highest BCUT2D eigenvalue weighted by atomic mass is 16.5. The number of anilines is 1. The molecule has 0 spiro atoms. The summed E-state index contributed by atoms with van der Waals surface area (Å²) < 4.78 is 5.49. The van der Waals surface area contributed by atoms with Crippen LogP contribution < -0.4 is 10.2 Å². The van der Waals surface area contributed by atoms with Crippen molar-refractivity contribution in [3.8, 4) is 11.1 Å². The highest BCUT2D eigenvalue weighted by Crippen LogP contribution is 2.35. The van der Waals surface area contributed by atoms with Crippen LogP contribution in [-0.4, -0.2) is 62.5 Å². The van der Waals surface area contributed by atoms with Gasteiger partial charge < -0.3 is 15.0 Å². The quantitative estimate of drug-likeness (QED) is 0.455. The first-order chi connectivity index (χ1) is 19.3. The number of carbonyl (C=O) groups is 2. The number of amides is 1. The fourth-order valence-corrected chi connectivity index (χ4v) is 6.37. The minimum atomic E-state index is -0.135. The predicted octanol–water partition coefficient (Wildman–Crippen LogP) is 5.84. The number of morpholine rings is 1. The summed E-state index contributed by atoms with van der Waals surface area (Å²) in [5, 5.41) is 3.07. The van der Waals surface area contributed by atoms with Gasteiger partial charge in [0.2, 0.25) is 0 Å². The molecule has 0 bridgehead atoms. The Labute approximate surface area is 239 Å². The lowest BCUT2D eigenvalue weighted by atomic mass is 9.92. The van der Waals surface area contributed by atoms with E-state index in [1.54, 1.807) is 0 Å². The molecule has 2 aliphatic carbocycles. The summed E-state index contributed by atoms with van der Waals surface area (Å²) in [5.74, 6) is -0.0363. The van der Waals surface area contributed by atoms with Crippen LogP contribution >= 0.6 is 0 Å². The minimum absolute atomic E-state index is 0.0992. The molecule has 2 fully saturated rings. The second-order valence-corrected chi connectivity index (χ2v) is 11.7. The van der Waals surface area contributed by atoms with Gasteiger partial charge in [-0.2, -0.15) is 0 Å². The topological polar surface area (TPSA) is 61.9 Å². The third-order valence-corrected chi connectivity index (χ3v) is 8.82. The Morgan fingerprint density at radius 1 is 1.02 bits per heavy atom. The second kappa shape index (κ2) is 12.5.